The summed E-state index contributed by atoms with van der Waals surface area (Å²) in [6, 6.07) is 4.43. The topological polar surface area (TPSA) is 122 Å². The highest BCUT2D eigenvalue weighted by molar-refractivity contribution is 7.23. The van der Waals surface area contributed by atoms with Gasteiger partial charge in [-0.05, 0) is 50.9 Å². The summed E-state index contributed by atoms with van der Waals surface area (Å²) in [5.41, 5.74) is 4.86. The normalized spacial score (nSPS) is 17.6. The Kier molecular flexibility index (Phi) is 7.18. The van der Waals surface area contributed by atoms with E-state index in [1.807, 2.05) is 6.07 Å². The summed E-state index contributed by atoms with van der Waals surface area (Å²) in [5.74, 6) is -1.03. The highest BCUT2D eigenvalue weighted by atomic mass is 32.1. The standard InChI is InChI=1S/C32H28F5N9OS/c33-20-4-3-17(23-18(11-38)28(39)48-27(20)23)25-24(34)26-19(12-40-25)29(46-10-9-45-13-21(32(35,36)37)41-22(45)14-46)43-30(42-26)47-16-31(5-6-31)15-44-7-1-2-8-44/h3-4,12-13H,1-2,5-10,14-16,39H2. The molecule has 1 saturated carbocycles. The van der Waals surface area contributed by atoms with Crippen LogP contribution >= 0.6 is 11.3 Å². The Bertz CT molecular complexity index is 2130. The van der Waals surface area contributed by atoms with Crippen molar-refractivity contribution in [2.75, 3.05) is 43.4 Å². The van der Waals surface area contributed by atoms with E-state index in [2.05, 4.69) is 24.8 Å². The Morgan fingerprint density at radius 2 is 1.85 bits per heavy atom. The van der Waals surface area contributed by atoms with Crippen LogP contribution in [0.4, 0.5) is 32.8 Å². The summed E-state index contributed by atoms with van der Waals surface area (Å²) in [6.45, 7) is 3.72. The Morgan fingerprint density at radius 3 is 2.58 bits per heavy atom. The number of pyridine rings is 1. The quantitative estimate of drug-likeness (QED) is 0.202. The second-order valence-electron chi connectivity index (χ2n) is 12.7. The number of rotatable bonds is 7. The molecule has 8 rings (SSSR count). The van der Waals surface area contributed by atoms with Gasteiger partial charge in [-0.1, -0.05) is 0 Å². The lowest BCUT2D eigenvalue weighted by molar-refractivity contribution is -0.141. The molecule has 2 N–H and O–H groups in total. The average Bonchev–Trinajstić information content (AvgIpc) is 3.38. The van der Waals surface area contributed by atoms with Crippen LogP contribution in [-0.4, -0.2) is 62.2 Å². The van der Waals surface area contributed by atoms with E-state index < -0.39 is 23.5 Å². The third-order valence-corrected chi connectivity index (χ3v) is 10.5. The molecule has 4 aromatic heterocycles. The lowest BCUT2D eigenvalue weighted by atomic mass is 10.0. The number of nitrogens with zero attached hydrogens (tertiary/aromatic N) is 8. The van der Waals surface area contributed by atoms with Crippen molar-refractivity contribution in [3.05, 3.63) is 53.2 Å². The van der Waals surface area contributed by atoms with Gasteiger partial charge in [0.1, 0.15) is 39.7 Å². The minimum Gasteiger partial charge on any atom is -0.463 e. The van der Waals surface area contributed by atoms with Crippen molar-refractivity contribution in [3.8, 4) is 23.3 Å². The van der Waals surface area contributed by atoms with E-state index in [9.17, 15) is 22.8 Å². The lowest BCUT2D eigenvalue weighted by Gasteiger charge is -2.29. The van der Waals surface area contributed by atoms with Crippen molar-refractivity contribution in [2.24, 2.45) is 5.41 Å². The lowest BCUT2D eigenvalue weighted by Crippen LogP contribution is -2.34. The Hall–Kier alpha value is -4.62. The van der Waals surface area contributed by atoms with E-state index in [0.717, 1.165) is 62.9 Å². The smallest absolute Gasteiger partial charge is 0.434 e. The van der Waals surface area contributed by atoms with Gasteiger partial charge in [0.2, 0.25) is 0 Å². The van der Waals surface area contributed by atoms with Crippen molar-refractivity contribution in [1.82, 2.24) is 29.4 Å². The summed E-state index contributed by atoms with van der Waals surface area (Å²) >= 11 is 0.891. The van der Waals surface area contributed by atoms with E-state index in [1.165, 1.54) is 22.9 Å². The molecule has 1 saturated heterocycles. The minimum atomic E-state index is -4.60. The molecule has 0 radical (unpaired) electrons. The number of nitrogen functional groups attached to an aromatic ring is 1. The van der Waals surface area contributed by atoms with Gasteiger partial charge in [0, 0.05) is 48.4 Å². The fraction of sp³-hybridized carbons (Fsp3) is 0.406. The van der Waals surface area contributed by atoms with Crippen molar-refractivity contribution in [3.63, 3.8) is 0 Å². The number of alkyl halides is 3. The van der Waals surface area contributed by atoms with Gasteiger partial charge >= 0.3 is 12.2 Å². The number of nitriles is 1. The summed E-state index contributed by atoms with van der Waals surface area (Å²) in [4.78, 5) is 21.5. The molecule has 2 fully saturated rings. The monoisotopic (exact) mass is 681 g/mol. The largest absolute Gasteiger partial charge is 0.463 e. The Morgan fingerprint density at radius 1 is 1.06 bits per heavy atom. The minimum absolute atomic E-state index is 0.0213. The molecule has 0 spiro atoms. The van der Waals surface area contributed by atoms with Gasteiger partial charge in [-0.2, -0.15) is 28.4 Å². The molecule has 248 valence electrons. The zero-order chi connectivity index (χ0) is 33.4. The van der Waals surface area contributed by atoms with Gasteiger partial charge in [0.05, 0.1) is 28.8 Å². The zero-order valence-electron chi connectivity index (χ0n) is 25.4. The Balaban J connectivity index is 1.22. The number of fused-ring (bicyclic) bond motifs is 3. The average molecular weight is 682 g/mol. The first kappa shape index (κ1) is 30.7. The second-order valence-corrected chi connectivity index (χ2v) is 13.7. The molecular formula is C32H28F5N9OS. The van der Waals surface area contributed by atoms with Crippen LogP contribution in [0.15, 0.2) is 24.5 Å². The Labute approximate surface area is 274 Å². The third kappa shape index (κ3) is 5.25. The summed E-state index contributed by atoms with van der Waals surface area (Å²) in [6.07, 6.45) is 2.05. The molecule has 16 heteroatoms. The maximum atomic E-state index is 16.7. The van der Waals surface area contributed by atoms with Crippen LogP contribution < -0.4 is 15.4 Å². The number of hydrogen-bond donors (Lipinski definition) is 1. The zero-order valence-corrected chi connectivity index (χ0v) is 26.3. The van der Waals surface area contributed by atoms with Crippen LogP contribution in [0.2, 0.25) is 0 Å². The first-order chi connectivity index (χ1) is 23.0. The number of hydrogen-bond acceptors (Lipinski definition) is 10. The predicted octanol–water partition coefficient (Wildman–Crippen LogP) is 6.13. The van der Waals surface area contributed by atoms with Crippen molar-refractivity contribution < 1.29 is 26.7 Å². The molecule has 0 bridgehead atoms. The predicted molar refractivity (Wildman–Crippen MR) is 168 cm³/mol. The van der Waals surface area contributed by atoms with E-state index in [0.29, 0.717) is 6.61 Å². The molecule has 0 amide bonds. The maximum Gasteiger partial charge on any atom is 0.434 e. The number of imidazole rings is 1. The van der Waals surface area contributed by atoms with Gasteiger partial charge < -0.3 is 24.8 Å². The molecule has 10 nitrogen and oxygen atoms in total. The highest BCUT2D eigenvalue weighted by Gasteiger charge is 2.45. The fourth-order valence-electron chi connectivity index (χ4n) is 6.74. The van der Waals surface area contributed by atoms with Crippen molar-refractivity contribution in [2.45, 2.75) is 44.9 Å². The molecule has 2 aliphatic heterocycles. The molecule has 0 unspecified atom stereocenters. The molecule has 0 atom stereocenters. The molecule has 5 aromatic rings. The second kappa shape index (κ2) is 11.2. The van der Waals surface area contributed by atoms with Crippen LogP contribution in [0.25, 0.3) is 32.2 Å². The fourth-order valence-corrected chi connectivity index (χ4v) is 7.69. The van der Waals surface area contributed by atoms with Gasteiger partial charge in [-0.25, -0.2) is 13.8 Å². The number of likely N-dealkylation sites (tertiary alicyclic amines) is 1. The number of ether oxygens (including phenoxy) is 1. The number of anilines is 2. The van der Waals surface area contributed by atoms with Gasteiger partial charge in [-0.15, -0.1) is 11.3 Å². The number of halogens is 5. The SMILES string of the molecule is N#Cc1c(N)sc2c(F)ccc(-c3ncc4c(N5CCn6cc(C(F)(F)F)nc6C5)nc(OCC5(CN6CCCC6)CC5)nc4c3F)c12. The van der Waals surface area contributed by atoms with Crippen LogP contribution in [0, 0.1) is 28.4 Å². The summed E-state index contributed by atoms with van der Waals surface area (Å²) in [7, 11) is 0. The molecule has 48 heavy (non-hydrogen) atoms. The summed E-state index contributed by atoms with van der Waals surface area (Å²) in [5, 5.41) is 10.2. The molecule has 1 aromatic carbocycles. The van der Waals surface area contributed by atoms with Gasteiger partial charge in [0.15, 0.2) is 11.5 Å². The highest BCUT2D eigenvalue weighted by Crippen LogP contribution is 2.47. The number of benzene rings is 1. The first-order valence-electron chi connectivity index (χ1n) is 15.5. The van der Waals surface area contributed by atoms with Gasteiger partial charge in [0.25, 0.3) is 0 Å². The van der Waals surface area contributed by atoms with Crippen LogP contribution in [0.3, 0.4) is 0 Å². The van der Waals surface area contributed by atoms with Crippen LogP contribution in [0.1, 0.15) is 42.8 Å². The van der Waals surface area contributed by atoms with Crippen molar-refractivity contribution in [1.29, 1.82) is 5.26 Å². The first-order valence-corrected chi connectivity index (χ1v) is 16.4. The van der Waals surface area contributed by atoms with Crippen LogP contribution in [-0.2, 0) is 19.3 Å². The molecule has 3 aliphatic rings. The van der Waals surface area contributed by atoms with Crippen LogP contribution in [0.5, 0.6) is 6.01 Å². The third-order valence-electron chi connectivity index (χ3n) is 9.44. The maximum absolute atomic E-state index is 16.7. The van der Waals surface area contributed by atoms with E-state index in [4.69, 9.17) is 10.5 Å². The summed E-state index contributed by atoms with van der Waals surface area (Å²) < 4.78 is 79.5. The number of aromatic nitrogens is 5. The van der Waals surface area contributed by atoms with Gasteiger partial charge in [-0.3, -0.25) is 4.98 Å². The number of thiophene rings is 1. The molecule has 6 heterocycles. The van der Waals surface area contributed by atoms with E-state index >= 15 is 4.39 Å². The molecular weight excluding hydrogens is 653 g/mol. The molecule has 1 aliphatic carbocycles. The number of nitrogens with two attached hydrogens (primary N) is 1. The van der Waals surface area contributed by atoms with Crippen molar-refractivity contribution >= 4 is 43.1 Å². The van der Waals surface area contributed by atoms with E-state index in [-0.39, 0.29) is 85.5 Å². The van der Waals surface area contributed by atoms with E-state index in [1.54, 1.807) is 4.90 Å².